The molecule has 0 spiro atoms. The second-order valence-corrected chi connectivity index (χ2v) is 10.6. The molecule has 1 fully saturated rings. The molecule has 6 heteroatoms. The summed E-state index contributed by atoms with van der Waals surface area (Å²) >= 11 is 0. The van der Waals surface area contributed by atoms with Gasteiger partial charge in [-0.15, -0.1) is 0 Å². The van der Waals surface area contributed by atoms with Crippen LogP contribution in [0.3, 0.4) is 0 Å². The first-order chi connectivity index (χ1) is 17.7. The molecule has 2 aromatic heterocycles. The minimum atomic E-state index is 0.758. The quantitative estimate of drug-likeness (QED) is 0.216. The van der Waals surface area contributed by atoms with E-state index in [9.17, 15) is 0 Å². The highest BCUT2D eigenvalue weighted by atomic mass is 15.3. The van der Waals surface area contributed by atoms with E-state index in [1.165, 1.54) is 46.2 Å². The molecule has 1 saturated heterocycles. The van der Waals surface area contributed by atoms with Gasteiger partial charge in [0.15, 0.2) is 0 Å². The Morgan fingerprint density at radius 3 is 1.92 bits per heavy atom. The van der Waals surface area contributed by atoms with E-state index >= 15 is 0 Å². The Kier molecular flexibility index (Phi) is 6.67. The molecule has 5 rings (SSSR count). The van der Waals surface area contributed by atoms with Gasteiger partial charge in [-0.2, -0.15) is 9.13 Å². The van der Waals surface area contributed by atoms with Gasteiger partial charge in [0.25, 0.3) is 0 Å². The molecule has 1 aliphatic heterocycles. The normalized spacial score (nSPS) is 13.8. The van der Waals surface area contributed by atoms with Crippen LogP contribution in [-0.4, -0.2) is 22.6 Å². The van der Waals surface area contributed by atoms with Crippen LogP contribution in [0.2, 0.25) is 0 Å². The first kappa shape index (κ1) is 24.9. The summed E-state index contributed by atoms with van der Waals surface area (Å²) in [6.07, 6.45) is 8.51. The molecule has 3 heterocycles. The van der Waals surface area contributed by atoms with Gasteiger partial charge >= 0.3 is 5.95 Å². The fourth-order valence-electron chi connectivity index (χ4n) is 5.79. The van der Waals surface area contributed by atoms with E-state index in [2.05, 4.69) is 105 Å². The Morgan fingerprint density at radius 2 is 1.32 bits per heavy atom. The molecule has 0 N–H and O–H groups in total. The Morgan fingerprint density at radius 1 is 0.730 bits per heavy atom. The van der Waals surface area contributed by atoms with Gasteiger partial charge in [0.2, 0.25) is 0 Å². The maximum absolute atomic E-state index is 4.88. The van der Waals surface area contributed by atoms with E-state index in [1.807, 2.05) is 6.20 Å². The number of pyridine rings is 1. The predicted octanol–water partition coefficient (Wildman–Crippen LogP) is 7.32. The summed E-state index contributed by atoms with van der Waals surface area (Å²) in [6, 6.07) is 11.0. The summed E-state index contributed by atoms with van der Waals surface area (Å²) in [6.45, 7) is 17.2. The second kappa shape index (κ2) is 9.92. The maximum atomic E-state index is 4.88. The average Bonchev–Trinajstić information content (AvgIpc) is 3.48. The van der Waals surface area contributed by atoms with E-state index < -0.39 is 0 Å². The number of hydrogen-bond donors (Lipinski definition) is 0. The Labute approximate surface area is 220 Å². The lowest BCUT2D eigenvalue weighted by Gasteiger charge is -2.16. The minimum absolute atomic E-state index is 0.758. The largest absolute Gasteiger partial charge is 0.431 e. The molecular weight excluding hydrogens is 456 g/mol. The molecule has 4 aromatic rings. The zero-order valence-electron chi connectivity index (χ0n) is 23.1. The predicted molar refractivity (Wildman–Crippen MR) is 150 cm³/mol. The van der Waals surface area contributed by atoms with Crippen LogP contribution in [0.5, 0.6) is 0 Å². The third-order valence-corrected chi connectivity index (χ3v) is 7.29. The highest BCUT2D eigenvalue weighted by molar-refractivity contribution is 5.54. The first-order valence-corrected chi connectivity index (χ1v) is 13.2. The van der Waals surface area contributed by atoms with Crippen molar-refractivity contribution in [3.05, 3.63) is 87.9 Å². The van der Waals surface area contributed by atoms with Gasteiger partial charge in [-0.05, 0) is 95.2 Å². The van der Waals surface area contributed by atoms with Gasteiger partial charge < -0.3 is 4.90 Å². The lowest BCUT2D eigenvalue weighted by molar-refractivity contribution is -0.581. The average molecular weight is 494 g/mol. The van der Waals surface area contributed by atoms with Gasteiger partial charge in [0.1, 0.15) is 35.3 Å². The Bertz CT molecular complexity index is 1380. The van der Waals surface area contributed by atoms with Crippen LogP contribution in [-0.2, 0) is 0 Å². The third kappa shape index (κ3) is 4.80. The molecule has 2 aromatic carbocycles. The lowest BCUT2D eigenvalue weighted by Crippen LogP contribution is -2.31. The SMILES string of the molecule is Cc1cc(C)c(-n2cc[n+](-c3c(C)cc(C)cc3C)c2N=Nc2cnc(N3CCCC3)cc2C)c(C)c1. The van der Waals surface area contributed by atoms with Crippen molar-refractivity contribution in [3.63, 3.8) is 0 Å². The zero-order valence-corrected chi connectivity index (χ0v) is 23.1. The lowest BCUT2D eigenvalue weighted by atomic mass is 10.0. The van der Waals surface area contributed by atoms with Crippen molar-refractivity contribution in [2.75, 3.05) is 18.0 Å². The molecule has 6 nitrogen and oxygen atoms in total. The van der Waals surface area contributed by atoms with Gasteiger partial charge in [-0.3, -0.25) is 0 Å². The number of aromatic nitrogens is 3. The van der Waals surface area contributed by atoms with Crippen molar-refractivity contribution >= 4 is 17.5 Å². The molecule has 0 aliphatic carbocycles. The molecule has 1 aliphatic rings. The fourth-order valence-corrected chi connectivity index (χ4v) is 5.79. The summed E-state index contributed by atoms with van der Waals surface area (Å²) in [7, 11) is 0. The number of imidazole rings is 1. The summed E-state index contributed by atoms with van der Waals surface area (Å²) in [5.41, 5.74) is 11.5. The van der Waals surface area contributed by atoms with Crippen LogP contribution < -0.4 is 9.47 Å². The van der Waals surface area contributed by atoms with Gasteiger partial charge in [0, 0.05) is 18.2 Å². The molecule has 0 amide bonds. The van der Waals surface area contributed by atoms with E-state index in [0.29, 0.717) is 0 Å². The molecule has 0 unspecified atom stereocenters. The Hall–Kier alpha value is -3.80. The van der Waals surface area contributed by atoms with Crippen molar-refractivity contribution < 1.29 is 4.57 Å². The monoisotopic (exact) mass is 493 g/mol. The molecular formula is C31H37N6+. The topological polar surface area (TPSA) is 49.7 Å². The van der Waals surface area contributed by atoms with Crippen LogP contribution in [0.25, 0.3) is 11.4 Å². The number of aryl methyl sites for hydroxylation is 7. The summed E-state index contributed by atoms with van der Waals surface area (Å²) in [5.74, 6) is 1.79. The molecule has 0 radical (unpaired) electrons. The zero-order chi connectivity index (χ0) is 26.3. The molecule has 0 bridgehead atoms. The van der Waals surface area contributed by atoms with Crippen molar-refractivity contribution in [1.82, 2.24) is 9.55 Å². The number of rotatable bonds is 5. The first-order valence-electron chi connectivity index (χ1n) is 13.2. The minimum Gasteiger partial charge on any atom is -0.357 e. The van der Waals surface area contributed by atoms with Gasteiger partial charge in [-0.25, -0.2) is 4.98 Å². The summed E-state index contributed by atoms with van der Waals surface area (Å²) in [5, 5.41) is 9.63. The number of anilines is 1. The van der Waals surface area contributed by atoms with E-state index in [4.69, 9.17) is 15.2 Å². The Balaban J connectivity index is 1.65. The van der Waals surface area contributed by atoms with Crippen molar-refractivity contribution in [2.45, 2.75) is 61.3 Å². The third-order valence-electron chi connectivity index (χ3n) is 7.29. The standard InChI is InChI=1S/C31H37N6/c1-20-14-23(4)29(24(5)15-20)36-12-13-37(30-25(6)16-21(2)17-26(30)7)31(36)34-33-27-19-32-28(18-22(27)3)35-10-8-9-11-35/h12-19H,8-11H2,1-7H3/q+1. The number of azo groups is 1. The molecule has 37 heavy (non-hydrogen) atoms. The smallest absolute Gasteiger partial charge is 0.357 e. The van der Waals surface area contributed by atoms with Crippen LogP contribution in [0.15, 0.2) is 59.2 Å². The summed E-state index contributed by atoms with van der Waals surface area (Å²) < 4.78 is 4.32. The van der Waals surface area contributed by atoms with E-state index in [-0.39, 0.29) is 0 Å². The van der Waals surface area contributed by atoms with E-state index in [0.717, 1.165) is 47.5 Å². The van der Waals surface area contributed by atoms with Crippen LogP contribution in [0.1, 0.15) is 51.8 Å². The van der Waals surface area contributed by atoms with Crippen molar-refractivity contribution in [2.24, 2.45) is 10.2 Å². The highest BCUT2D eigenvalue weighted by Crippen LogP contribution is 2.30. The van der Waals surface area contributed by atoms with E-state index in [1.54, 1.807) is 0 Å². The number of nitrogens with zero attached hydrogens (tertiary/aromatic N) is 6. The van der Waals surface area contributed by atoms with Gasteiger partial charge in [0.05, 0.1) is 6.20 Å². The molecule has 190 valence electrons. The molecule has 0 atom stereocenters. The van der Waals surface area contributed by atoms with Gasteiger partial charge in [-0.1, -0.05) is 40.5 Å². The highest BCUT2D eigenvalue weighted by Gasteiger charge is 2.25. The van der Waals surface area contributed by atoms with Crippen molar-refractivity contribution in [1.29, 1.82) is 0 Å². The maximum Gasteiger partial charge on any atom is 0.431 e. The van der Waals surface area contributed by atoms with Crippen molar-refractivity contribution in [3.8, 4) is 11.4 Å². The van der Waals surface area contributed by atoms with Crippen LogP contribution >= 0.6 is 0 Å². The molecule has 0 saturated carbocycles. The fraction of sp³-hybridized carbons (Fsp3) is 0.355. The summed E-state index contributed by atoms with van der Waals surface area (Å²) in [4.78, 5) is 7.06. The van der Waals surface area contributed by atoms with Crippen LogP contribution in [0.4, 0.5) is 17.5 Å². The number of hydrogen-bond acceptors (Lipinski definition) is 4. The second-order valence-electron chi connectivity index (χ2n) is 10.6. The van der Waals surface area contributed by atoms with Crippen LogP contribution in [0, 0.1) is 48.5 Å². The number of benzene rings is 2.